The fourth-order valence-corrected chi connectivity index (χ4v) is 3.81. The number of nitrogens with zero attached hydrogens (tertiary/aromatic N) is 2. The van der Waals surface area contributed by atoms with Gasteiger partial charge in [0.15, 0.2) is 0 Å². The number of hydrogen-bond acceptors (Lipinski definition) is 4. The molecule has 0 spiro atoms. The van der Waals surface area contributed by atoms with Crippen molar-refractivity contribution < 1.29 is 14.4 Å². The van der Waals surface area contributed by atoms with Gasteiger partial charge in [0.1, 0.15) is 0 Å². The van der Waals surface area contributed by atoms with Crippen molar-refractivity contribution in [1.29, 1.82) is 0 Å². The molecule has 4 amide bonds. The van der Waals surface area contributed by atoms with Crippen molar-refractivity contribution in [3.05, 3.63) is 24.3 Å². The zero-order valence-corrected chi connectivity index (χ0v) is 14.6. The Morgan fingerprint density at radius 1 is 1.16 bits per heavy atom. The van der Waals surface area contributed by atoms with Crippen LogP contribution in [0.5, 0.6) is 0 Å². The van der Waals surface area contributed by atoms with E-state index < -0.39 is 6.03 Å². The highest BCUT2D eigenvalue weighted by Gasteiger charge is 2.32. The molecule has 3 rings (SSSR count). The molecular formula is C17H18N4O3S. The maximum atomic E-state index is 12.1. The first kappa shape index (κ1) is 17.3. The molecule has 1 fully saturated rings. The molecule has 0 saturated heterocycles. The molecule has 1 unspecified atom stereocenters. The molecule has 0 aromatic heterocycles. The minimum absolute atomic E-state index is 0.104. The zero-order chi connectivity index (χ0) is 17.8. The summed E-state index contributed by atoms with van der Waals surface area (Å²) < 4.78 is 0. The third-order valence-corrected chi connectivity index (χ3v) is 4.99. The number of aliphatic imine (C=N–C) groups is 2. The second-order valence-electron chi connectivity index (χ2n) is 5.88. The number of carbonyl (C=O) groups is 3. The number of rotatable bonds is 4. The summed E-state index contributed by atoms with van der Waals surface area (Å²) in [4.78, 5) is 42.6. The van der Waals surface area contributed by atoms with E-state index in [1.807, 2.05) is 0 Å². The molecule has 7 nitrogen and oxygen atoms in total. The normalized spacial score (nSPS) is 18.9. The van der Waals surface area contributed by atoms with Gasteiger partial charge >= 0.3 is 6.03 Å². The van der Waals surface area contributed by atoms with Crippen molar-refractivity contribution in [2.24, 2.45) is 15.9 Å². The van der Waals surface area contributed by atoms with Gasteiger partial charge < -0.3 is 10.6 Å². The second kappa shape index (κ2) is 7.60. The Kier molecular flexibility index (Phi) is 5.28. The van der Waals surface area contributed by atoms with E-state index in [0.717, 1.165) is 25.0 Å². The Labute approximate surface area is 149 Å². The molecule has 1 aliphatic heterocycles. The molecule has 0 radical (unpaired) electrons. The number of hydrogen-bond donors (Lipinski definition) is 2. The van der Waals surface area contributed by atoms with Crippen molar-refractivity contribution in [3.8, 4) is 0 Å². The first-order valence-corrected chi connectivity index (χ1v) is 9.00. The monoisotopic (exact) mass is 358 g/mol. The quantitative estimate of drug-likeness (QED) is 0.864. The lowest BCUT2D eigenvalue weighted by atomic mass is 10.1. The number of nitrogens with one attached hydrogen (secondary N) is 2. The summed E-state index contributed by atoms with van der Waals surface area (Å²) in [6.07, 6.45) is 2.77. The predicted octanol–water partition coefficient (Wildman–Crippen LogP) is 3.09. The van der Waals surface area contributed by atoms with Gasteiger partial charge in [-0.15, -0.1) is 0 Å². The summed E-state index contributed by atoms with van der Waals surface area (Å²) in [6.45, 7) is 1.44. The Balaban J connectivity index is 1.53. The summed E-state index contributed by atoms with van der Waals surface area (Å²) in [5.74, 6) is -0.0312. The van der Waals surface area contributed by atoms with Gasteiger partial charge in [-0.25, -0.2) is 9.79 Å². The first-order valence-electron chi connectivity index (χ1n) is 8.01. The number of fused-ring (bicyclic) bond motifs is 1. The lowest BCUT2D eigenvalue weighted by Gasteiger charge is -2.16. The standard InChI is InChI=1S/C17H18N4O3S/c1-10(22)18-11-5-7-12(8-6-11)19-15(23)9-25-16-13-3-2-4-14(13)20-17(24)21-16/h5-8,13H,2-4,9H2,1H3,(H,18,22)(H,19,23). The lowest BCUT2D eigenvalue weighted by molar-refractivity contribution is -0.114. The summed E-state index contributed by atoms with van der Waals surface area (Å²) in [6, 6.07) is 6.41. The molecule has 1 heterocycles. The number of thioether (sulfide) groups is 1. The molecule has 2 N–H and O–H groups in total. The van der Waals surface area contributed by atoms with Gasteiger partial charge in [-0.2, -0.15) is 4.99 Å². The van der Waals surface area contributed by atoms with Crippen LogP contribution in [0.1, 0.15) is 26.2 Å². The Morgan fingerprint density at radius 2 is 1.84 bits per heavy atom. The van der Waals surface area contributed by atoms with Crippen LogP contribution in [0.15, 0.2) is 34.3 Å². The van der Waals surface area contributed by atoms with E-state index >= 15 is 0 Å². The summed E-state index contributed by atoms with van der Waals surface area (Å²) >= 11 is 1.30. The predicted molar refractivity (Wildman–Crippen MR) is 99.4 cm³/mol. The van der Waals surface area contributed by atoms with E-state index in [4.69, 9.17) is 0 Å². The van der Waals surface area contributed by atoms with E-state index in [2.05, 4.69) is 20.6 Å². The van der Waals surface area contributed by atoms with Crippen LogP contribution in [0, 0.1) is 5.92 Å². The third kappa shape index (κ3) is 4.54. The zero-order valence-electron chi connectivity index (χ0n) is 13.7. The van der Waals surface area contributed by atoms with E-state index in [1.165, 1.54) is 18.7 Å². The van der Waals surface area contributed by atoms with Crippen LogP contribution in [0.4, 0.5) is 16.2 Å². The highest BCUT2D eigenvalue weighted by molar-refractivity contribution is 8.14. The highest BCUT2D eigenvalue weighted by Crippen LogP contribution is 2.31. The maximum Gasteiger partial charge on any atom is 0.367 e. The van der Waals surface area contributed by atoms with Crippen LogP contribution < -0.4 is 10.6 Å². The molecule has 0 bridgehead atoms. The van der Waals surface area contributed by atoms with Gasteiger partial charge in [-0.3, -0.25) is 9.59 Å². The van der Waals surface area contributed by atoms with Crippen molar-refractivity contribution in [2.75, 3.05) is 16.4 Å². The van der Waals surface area contributed by atoms with E-state index in [-0.39, 0.29) is 23.5 Å². The Morgan fingerprint density at radius 3 is 2.52 bits per heavy atom. The van der Waals surface area contributed by atoms with Crippen LogP contribution in [0.3, 0.4) is 0 Å². The summed E-state index contributed by atoms with van der Waals surface area (Å²) in [5.41, 5.74) is 2.21. The van der Waals surface area contributed by atoms with Crippen molar-refractivity contribution in [3.63, 3.8) is 0 Å². The molecule has 1 saturated carbocycles. The first-order chi connectivity index (χ1) is 12.0. The minimum Gasteiger partial charge on any atom is -0.326 e. The van der Waals surface area contributed by atoms with Gasteiger partial charge in [-0.1, -0.05) is 11.8 Å². The molecule has 8 heteroatoms. The Hall–Kier alpha value is -2.48. The van der Waals surface area contributed by atoms with Crippen molar-refractivity contribution >= 4 is 51.7 Å². The highest BCUT2D eigenvalue weighted by atomic mass is 32.2. The maximum absolute atomic E-state index is 12.1. The molecule has 1 aliphatic carbocycles. The van der Waals surface area contributed by atoms with Gasteiger partial charge in [-0.05, 0) is 43.5 Å². The van der Waals surface area contributed by atoms with Gasteiger partial charge in [0.05, 0.1) is 10.8 Å². The van der Waals surface area contributed by atoms with Crippen LogP contribution in [0.25, 0.3) is 0 Å². The molecule has 130 valence electrons. The number of benzene rings is 1. The van der Waals surface area contributed by atoms with E-state index in [1.54, 1.807) is 24.3 Å². The second-order valence-corrected chi connectivity index (χ2v) is 6.87. The van der Waals surface area contributed by atoms with Crippen LogP contribution >= 0.6 is 11.8 Å². The van der Waals surface area contributed by atoms with Gasteiger partial charge in [0.2, 0.25) is 11.8 Å². The molecule has 1 aromatic carbocycles. The van der Waals surface area contributed by atoms with E-state index in [0.29, 0.717) is 16.4 Å². The molecule has 1 atom stereocenters. The number of anilines is 2. The van der Waals surface area contributed by atoms with Crippen LogP contribution in [-0.2, 0) is 9.59 Å². The fourth-order valence-electron chi connectivity index (χ4n) is 2.86. The molecule has 25 heavy (non-hydrogen) atoms. The van der Waals surface area contributed by atoms with Crippen molar-refractivity contribution in [1.82, 2.24) is 0 Å². The third-order valence-electron chi connectivity index (χ3n) is 3.91. The Bertz CT molecular complexity index is 771. The largest absolute Gasteiger partial charge is 0.367 e. The molecule has 1 aromatic rings. The summed E-state index contributed by atoms with van der Waals surface area (Å²) in [7, 11) is 0. The van der Waals surface area contributed by atoms with Gasteiger partial charge in [0.25, 0.3) is 0 Å². The van der Waals surface area contributed by atoms with Gasteiger partial charge in [0, 0.05) is 29.9 Å². The lowest BCUT2D eigenvalue weighted by Crippen LogP contribution is -2.24. The average molecular weight is 358 g/mol. The summed E-state index contributed by atoms with van der Waals surface area (Å²) in [5, 5.41) is 6.15. The number of carbonyl (C=O) groups excluding carboxylic acids is 3. The molecule has 2 aliphatic rings. The van der Waals surface area contributed by atoms with E-state index in [9.17, 15) is 14.4 Å². The molecular weight excluding hydrogens is 340 g/mol. The number of amides is 4. The van der Waals surface area contributed by atoms with Crippen LogP contribution in [0.2, 0.25) is 0 Å². The smallest absolute Gasteiger partial charge is 0.326 e. The topological polar surface area (TPSA) is 100.0 Å². The van der Waals surface area contributed by atoms with Crippen molar-refractivity contribution in [2.45, 2.75) is 26.2 Å². The average Bonchev–Trinajstić information content (AvgIpc) is 3.02. The SMILES string of the molecule is CC(=O)Nc1ccc(NC(=O)CSC2=NC(=O)N=C3CCCC32)cc1. The van der Waals surface area contributed by atoms with Crippen LogP contribution in [-0.4, -0.2) is 34.4 Å². The number of urea groups is 1. The minimum atomic E-state index is -0.468. The fraction of sp³-hybridized carbons (Fsp3) is 0.353.